The van der Waals surface area contributed by atoms with Gasteiger partial charge in [0.15, 0.2) is 6.10 Å². The Balaban J connectivity index is 3.44. The normalized spacial score (nSPS) is 13.4. The topological polar surface area (TPSA) is 111 Å². The van der Waals surface area contributed by atoms with E-state index in [0.717, 1.165) is 19.3 Å². The molecule has 0 aliphatic heterocycles. The third-order valence-electron chi connectivity index (χ3n) is 11.2. The van der Waals surface area contributed by atoms with Crippen LogP contribution in [0, 0.1) is 0 Å². The van der Waals surface area contributed by atoms with Gasteiger partial charge in [0.05, 0.1) is 27.7 Å². The molecule has 0 rings (SSSR count). The second kappa shape index (κ2) is 41.4. The van der Waals surface area contributed by atoms with E-state index < -0.39 is 32.5 Å². The summed E-state index contributed by atoms with van der Waals surface area (Å²) in [7, 11) is 1.17. The Morgan fingerprint density at radius 2 is 0.810 bits per heavy atom. The van der Waals surface area contributed by atoms with E-state index in [2.05, 4.69) is 6.92 Å². The highest BCUT2D eigenvalue weighted by molar-refractivity contribution is 7.45. The van der Waals surface area contributed by atoms with Crippen molar-refractivity contribution in [2.24, 2.45) is 0 Å². The molecule has 0 spiro atoms. The van der Waals surface area contributed by atoms with E-state index in [9.17, 15) is 19.0 Å². The molecule has 0 aromatic heterocycles. The Kier molecular flexibility index (Phi) is 40.7. The number of ether oxygens (including phenoxy) is 2. The van der Waals surface area contributed by atoms with Crippen molar-refractivity contribution in [3.63, 3.8) is 0 Å². The van der Waals surface area contributed by atoms with Crippen molar-refractivity contribution in [1.82, 2.24) is 0 Å². The van der Waals surface area contributed by atoms with Gasteiger partial charge in [-0.25, -0.2) is 0 Å². The van der Waals surface area contributed by atoms with Gasteiger partial charge in [-0.15, -0.1) is 0 Å². The number of phosphoric acid groups is 1. The molecule has 0 aromatic rings. The molecule has 346 valence electrons. The van der Waals surface area contributed by atoms with Crippen molar-refractivity contribution in [1.29, 1.82) is 0 Å². The summed E-state index contributed by atoms with van der Waals surface area (Å²) < 4.78 is 32.6. The highest BCUT2D eigenvalue weighted by Gasteiger charge is 2.20. The van der Waals surface area contributed by atoms with Crippen molar-refractivity contribution < 1.29 is 42.1 Å². The molecule has 1 unspecified atom stereocenters. The number of carbonyl (C=O) groups excluding carboxylic acids is 2. The lowest BCUT2D eigenvalue weighted by molar-refractivity contribution is -0.870. The predicted octanol–water partition coefficient (Wildman–Crippen LogP) is 13.7. The fourth-order valence-corrected chi connectivity index (χ4v) is 8.15. The minimum Gasteiger partial charge on any atom is -0.756 e. The quantitative estimate of drug-likeness (QED) is 0.0258. The molecule has 58 heavy (non-hydrogen) atoms. The van der Waals surface area contributed by atoms with Crippen LogP contribution in [0.5, 0.6) is 0 Å². The molecule has 0 fully saturated rings. The van der Waals surface area contributed by atoms with E-state index in [4.69, 9.17) is 18.5 Å². The first-order valence-electron chi connectivity index (χ1n) is 24.7. The summed E-state index contributed by atoms with van der Waals surface area (Å²) in [5.74, 6) is -1.01. The van der Waals surface area contributed by atoms with Gasteiger partial charge in [0.2, 0.25) is 0 Å². The van der Waals surface area contributed by atoms with E-state index in [1.807, 2.05) is 21.1 Å². The molecule has 0 saturated heterocycles. The number of rotatable bonds is 46. The zero-order chi connectivity index (χ0) is 42.8. The highest BCUT2D eigenvalue weighted by atomic mass is 31.2. The van der Waals surface area contributed by atoms with Crippen molar-refractivity contribution in [2.45, 2.75) is 251 Å². The van der Waals surface area contributed by atoms with Gasteiger partial charge in [-0.05, 0) is 6.42 Å². The van der Waals surface area contributed by atoms with Crippen LogP contribution in [0.4, 0.5) is 0 Å². The van der Waals surface area contributed by atoms with Gasteiger partial charge in [0.1, 0.15) is 19.8 Å². The second-order valence-electron chi connectivity index (χ2n) is 18.3. The molecule has 0 aliphatic carbocycles. The molecule has 0 N–H and O–H groups in total. The van der Waals surface area contributed by atoms with Gasteiger partial charge in [-0.1, -0.05) is 225 Å². The summed E-state index contributed by atoms with van der Waals surface area (Å²) in [4.78, 5) is 35.7. The molecule has 0 aliphatic rings. The Labute approximate surface area is 359 Å². The van der Waals surface area contributed by atoms with Crippen molar-refractivity contribution in [3.05, 3.63) is 0 Å². The Morgan fingerprint density at radius 1 is 0.500 bits per heavy atom. The number of nitrogens with zero attached hydrogens (tertiary/aromatic N) is 1. The van der Waals surface area contributed by atoms with Gasteiger partial charge in [0, 0.05) is 13.3 Å². The number of hydrogen-bond acceptors (Lipinski definition) is 8. The van der Waals surface area contributed by atoms with Gasteiger partial charge < -0.3 is 27.9 Å². The Bertz CT molecular complexity index is 958. The minimum atomic E-state index is -4.57. The maximum atomic E-state index is 12.2. The molecule has 2 atom stereocenters. The average molecular weight is 846 g/mol. The molecule has 0 heterocycles. The number of hydrogen-bond donors (Lipinski definition) is 0. The maximum absolute atomic E-state index is 12.2. The fourth-order valence-electron chi connectivity index (χ4n) is 7.42. The van der Waals surface area contributed by atoms with Crippen LogP contribution in [0.1, 0.15) is 245 Å². The van der Waals surface area contributed by atoms with E-state index in [1.165, 1.54) is 212 Å². The molecule has 0 amide bonds. The molecule has 0 aromatic carbocycles. The monoisotopic (exact) mass is 846 g/mol. The van der Waals surface area contributed by atoms with Gasteiger partial charge in [-0.2, -0.15) is 0 Å². The van der Waals surface area contributed by atoms with Crippen LogP contribution >= 0.6 is 7.82 Å². The van der Waals surface area contributed by atoms with Crippen LogP contribution in [0.25, 0.3) is 0 Å². The van der Waals surface area contributed by atoms with Crippen LogP contribution in [0.2, 0.25) is 0 Å². The predicted molar refractivity (Wildman–Crippen MR) is 241 cm³/mol. The highest BCUT2D eigenvalue weighted by Crippen LogP contribution is 2.38. The van der Waals surface area contributed by atoms with Crippen LogP contribution in [0.3, 0.4) is 0 Å². The molecule has 10 heteroatoms. The maximum Gasteiger partial charge on any atom is 0.305 e. The lowest BCUT2D eigenvalue weighted by atomic mass is 10.0. The summed E-state index contributed by atoms with van der Waals surface area (Å²) in [5, 5.41) is 0. The lowest BCUT2D eigenvalue weighted by Crippen LogP contribution is -2.37. The number of phosphoric ester groups is 1. The van der Waals surface area contributed by atoms with E-state index in [1.54, 1.807) is 0 Å². The SMILES string of the molecule is CCCCCCCCCCCCCCCCCCCCCCCCCCCCCCCCCCCCCC(=O)OC[C@H](COP(=O)([O-])OCC[N+](C)(C)C)OC(C)=O. The van der Waals surface area contributed by atoms with Gasteiger partial charge in [-0.3, -0.25) is 14.2 Å². The van der Waals surface area contributed by atoms with Crippen LogP contribution < -0.4 is 4.89 Å². The largest absolute Gasteiger partial charge is 0.756 e. The summed E-state index contributed by atoms with van der Waals surface area (Å²) in [6, 6.07) is 0. The number of unbranched alkanes of at least 4 members (excludes halogenated alkanes) is 34. The molecular formula is C48H96NO8P. The third-order valence-corrected chi connectivity index (χ3v) is 12.1. The Morgan fingerprint density at radius 3 is 1.10 bits per heavy atom. The average Bonchev–Trinajstić information content (AvgIpc) is 3.16. The van der Waals surface area contributed by atoms with Crippen molar-refractivity contribution >= 4 is 19.8 Å². The van der Waals surface area contributed by atoms with Gasteiger partial charge in [0.25, 0.3) is 7.82 Å². The summed E-state index contributed by atoms with van der Waals surface area (Å²) in [6.45, 7) is 3.20. The van der Waals surface area contributed by atoms with Crippen LogP contribution in [0.15, 0.2) is 0 Å². The summed E-state index contributed by atoms with van der Waals surface area (Å²) in [6.07, 6.45) is 47.3. The number of carbonyl (C=O) groups is 2. The standard InChI is InChI=1S/C48H96NO8P/c1-6-7-8-9-10-11-12-13-14-15-16-17-18-19-20-21-22-23-24-25-26-27-28-29-30-31-32-33-34-35-36-37-38-39-40-41-48(51)54-44-47(57-46(2)50)45-56-58(52,53)55-43-42-49(3,4)5/h47H,6-45H2,1-5H3/t47-/m1/s1. The van der Waals surface area contributed by atoms with Gasteiger partial charge >= 0.3 is 11.9 Å². The first-order chi connectivity index (χ1) is 27.9. The van der Waals surface area contributed by atoms with Crippen molar-refractivity contribution in [2.75, 3.05) is 47.5 Å². The summed E-state index contributed by atoms with van der Waals surface area (Å²) in [5.41, 5.74) is 0. The molecule has 0 saturated carbocycles. The first-order valence-corrected chi connectivity index (χ1v) is 26.1. The van der Waals surface area contributed by atoms with E-state index >= 15 is 0 Å². The summed E-state index contributed by atoms with van der Waals surface area (Å²) >= 11 is 0. The number of likely N-dealkylation sites (N-methyl/N-ethyl adjacent to an activating group) is 1. The second-order valence-corrected chi connectivity index (χ2v) is 19.7. The Hall–Kier alpha value is -0.990. The van der Waals surface area contributed by atoms with Crippen LogP contribution in [-0.4, -0.2) is 70.0 Å². The van der Waals surface area contributed by atoms with E-state index in [0.29, 0.717) is 11.0 Å². The number of quaternary nitrogens is 1. The zero-order valence-electron chi connectivity index (χ0n) is 39.0. The molecule has 0 radical (unpaired) electrons. The fraction of sp³-hybridized carbons (Fsp3) is 0.958. The molecular weight excluding hydrogens is 750 g/mol. The first kappa shape index (κ1) is 57.0. The molecule has 9 nitrogen and oxygen atoms in total. The van der Waals surface area contributed by atoms with Crippen molar-refractivity contribution in [3.8, 4) is 0 Å². The molecule has 0 bridgehead atoms. The van der Waals surface area contributed by atoms with E-state index in [-0.39, 0.29) is 19.6 Å². The zero-order valence-corrected chi connectivity index (χ0v) is 39.9. The minimum absolute atomic E-state index is 0.0305. The number of esters is 2. The lowest BCUT2D eigenvalue weighted by Gasteiger charge is -2.28. The smallest absolute Gasteiger partial charge is 0.305 e. The third kappa shape index (κ3) is 46.1. The van der Waals surface area contributed by atoms with Crippen LogP contribution in [-0.2, 0) is 32.7 Å².